The summed E-state index contributed by atoms with van der Waals surface area (Å²) < 4.78 is 0. The Bertz CT molecular complexity index is 1160. The first-order valence-corrected chi connectivity index (χ1v) is 9.05. The van der Waals surface area contributed by atoms with Gasteiger partial charge in [-0.3, -0.25) is 4.79 Å². The molecule has 1 heterocycles. The molecular formula is C23H20N4O. The van der Waals surface area contributed by atoms with Crippen LogP contribution in [0.25, 0.3) is 22.0 Å². The van der Waals surface area contributed by atoms with Crippen molar-refractivity contribution in [2.75, 3.05) is 5.73 Å². The number of aromatic nitrogens is 2. The Morgan fingerprint density at radius 1 is 1.00 bits per heavy atom. The third-order valence-electron chi connectivity index (χ3n) is 4.77. The molecule has 1 amide bonds. The molecule has 0 aliphatic carbocycles. The first-order chi connectivity index (χ1) is 13.6. The Labute approximate surface area is 163 Å². The largest absolute Gasteiger partial charge is 0.383 e. The van der Waals surface area contributed by atoms with Gasteiger partial charge in [0, 0.05) is 17.5 Å². The van der Waals surface area contributed by atoms with Crippen molar-refractivity contribution < 1.29 is 4.79 Å². The molecule has 0 bridgehead atoms. The van der Waals surface area contributed by atoms with E-state index in [0.717, 1.165) is 33.2 Å². The van der Waals surface area contributed by atoms with E-state index in [1.54, 1.807) is 0 Å². The number of nitrogens with one attached hydrogen (secondary N) is 1. The van der Waals surface area contributed by atoms with Gasteiger partial charge in [-0.15, -0.1) is 0 Å². The minimum atomic E-state index is -0.103. The van der Waals surface area contributed by atoms with E-state index in [2.05, 4.69) is 15.3 Å². The quantitative estimate of drug-likeness (QED) is 0.568. The number of carbonyl (C=O) groups excluding carboxylic acids is 1. The number of nitrogens with two attached hydrogens (primary N) is 1. The number of nitrogen functional groups attached to an aromatic ring is 1. The summed E-state index contributed by atoms with van der Waals surface area (Å²) in [6, 6.07) is 21.5. The number of rotatable bonds is 4. The van der Waals surface area contributed by atoms with Gasteiger partial charge >= 0.3 is 0 Å². The predicted octanol–water partition coefficient (Wildman–Crippen LogP) is 4.12. The molecule has 138 valence electrons. The van der Waals surface area contributed by atoms with Gasteiger partial charge in [0.2, 0.25) is 0 Å². The fraction of sp³-hybridized carbons (Fsp3) is 0.0870. The van der Waals surface area contributed by atoms with Gasteiger partial charge in [-0.1, -0.05) is 42.5 Å². The molecule has 0 unspecified atom stereocenters. The molecule has 3 N–H and O–H groups in total. The lowest BCUT2D eigenvalue weighted by Gasteiger charge is -2.11. The van der Waals surface area contributed by atoms with Gasteiger partial charge in [0.05, 0.1) is 5.52 Å². The lowest BCUT2D eigenvalue weighted by atomic mass is 9.96. The van der Waals surface area contributed by atoms with Crippen molar-refractivity contribution in [3.8, 4) is 11.1 Å². The van der Waals surface area contributed by atoms with Crippen LogP contribution in [0.1, 0.15) is 21.5 Å². The third kappa shape index (κ3) is 3.55. The minimum Gasteiger partial charge on any atom is -0.383 e. The van der Waals surface area contributed by atoms with Crippen molar-refractivity contribution in [2.45, 2.75) is 13.5 Å². The Balaban J connectivity index is 1.64. The van der Waals surface area contributed by atoms with Gasteiger partial charge in [-0.25, -0.2) is 9.97 Å². The fourth-order valence-electron chi connectivity index (χ4n) is 3.20. The molecule has 0 spiro atoms. The van der Waals surface area contributed by atoms with Gasteiger partial charge < -0.3 is 11.1 Å². The molecule has 0 radical (unpaired) electrons. The predicted molar refractivity (Wildman–Crippen MR) is 112 cm³/mol. The van der Waals surface area contributed by atoms with Crippen LogP contribution in [-0.4, -0.2) is 15.9 Å². The number of hydrogen-bond donors (Lipinski definition) is 2. The first-order valence-electron chi connectivity index (χ1n) is 9.05. The average molecular weight is 368 g/mol. The van der Waals surface area contributed by atoms with Crippen molar-refractivity contribution in [1.82, 2.24) is 15.3 Å². The third-order valence-corrected chi connectivity index (χ3v) is 4.77. The fourth-order valence-corrected chi connectivity index (χ4v) is 3.20. The Morgan fingerprint density at radius 2 is 1.82 bits per heavy atom. The summed E-state index contributed by atoms with van der Waals surface area (Å²) >= 11 is 0. The highest BCUT2D eigenvalue weighted by atomic mass is 16.1. The summed E-state index contributed by atoms with van der Waals surface area (Å²) in [4.78, 5) is 20.9. The van der Waals surface area contributed by atoms with Crippen LogP contribution in [0.15, 0.2) is 73.1 Å². The molecule has 0 atom stereocenters. The van der Waals surface area contributed by atoms with E-state index in [0.29, 0.717) is 17.9 Å². The van der Waals surface area contributed by atoms with Gasteiger partial charge in [0.15, 0.2) is 0 Å². The lowest BCUT2D eigenvalue weighted by molar-refractivity contribution is 0.0951. The van der Waals surface area contributed by atoms with Crippen LogP contribution < -0.4 is 11.1 Å². The number of hydrogen-bond acceptors (Lipinski definition) is 4. The Morgan fingerprint density at radius 3 is 2.64 bits per heavy atom. The summed E-state index contributed by atoms with van der Waals surface area (Å²) in [5, 5.41) is 3.78. The SMILES string of the molecule is Cc1ccc(C(=O)NCc2ccccc2)cc1-c1ccc2ncnc(N)c2c1. The number of benzene rings is 3. The van der Waals surface area contributed by atoms with E-state index < -0.39 is 0 Å². The summed E-state index contributed by atoms with van der Waals surface area (Å²) in [6.45, 7) is 2.52. The number of carbonyl (C=O) groups is 1. The number of amides is 1. The van der Waals surface area contributed by atoms with Crippen molar-refractivity contribution >= 4 is 22.6 Å². The topological polar surface area (TPSA) is 80.9 Å². The molecule has 0 fully saturated rings. The van der Waals surface area contributed by atoms with E-state index in [4.69, 9.17) is 5.73 Å². The van der Waals surface area contributed by atoms with Gasteiger partial charge in [0.1, 0.15) is 12.1 Å². The van der Waals surface area contributed by atoms with Crippen LogP contribution >= 0.6 is 0 Å². The number of aryl methyl sites for hydroxylation is 1. The molecule has 4 rings (SSSR count). The highest BCUT2D eigenvalue weighted by Crippen LogP contribution is 2.29. The van der Waals surface area contributed by atoms with Crippen molar-refractivity contribution in [1.29, 1.82) is 0 Å². The minimum absolute atomic E-state index is 0.103. The molecule has 5 heteroatoms. The number of anilines is 1. The van der Waals surface area contributed by atoms with Crippen LogP contribution in [0.3, 0.4) is 0 Å². The molecular weight excluding hydrogens is 348 g/mol. The van der Waals surface area contributed by atoms with Gasteiger partial charge in [0.25, 0.3) is 5.91 Å². The second-order valence-electron chi connectivity index (χ2n) is 6.69. The summed E-state index contributed by atoms with van der Waals surface area (Å²) in [6.07, 6.45) is 1.46. The second-order valence-corrected chi connectivity index (χ2v) is 6.69. The van der Waals surface area contributed by atoms with E-state index in [1.165, 1.54) is 6.33 Å². The molecule has 0 aliphatic rings. The Kier molecular flexibility index (Phi) is 4.72. The maximum atomic E-state index is 12.6. The average Bonchev–Trinajstić information content (AvgIpc) is 2.73. The van der Waals surface area contributed by atoms with Crippen molar-refractivity contribution in [3.63, 3.8) is 0 Å². The van der Waals surface area contributed by atoms with E-state index >= 15 is 0 Å². The van der Waals surface area contributed by atoms with Crippen LogP contribution in [-0.2, 0) is 6.54 Å². The molecule has 4 aromatic rings. The normalized spacial score (nSPS) is 10.8. The number of fused-ring (bicyclic) bond motifs is 1. The molecule has 1 aromatic heterocycles. The first kappa shape index (κ1) is 17.7. The van der Waals surface area contributed by atoms with Gasteiger partial charge in [-0.2, -0.15) is 0 Å². The zero-order valence-electron chi connectivity index (χ0n) is 15.5. The summed E-state index contributed by atoms with van der Waals surface area (Å²) in [5.41, 5.74) is 11.5. The molecule has 0 saturated heterocycles. The zero-order valence-corrected chi connectivity index (χ0v) is 15.5. The van der Waals surface area contributed by atoms with Crippen LogP contribution in [0, 0.1) is 6.92 Å². The zero-order chi connectivity index (χ0) is 19.5. The number of nitrogens with zero attached hydrogens (tertiary/aromatic N) is 2. The van der Waals surface area contributed by atoms with E-state index in [1.807, 2.05) is 73.7 Å². The molecule has 5 nitrogen and oxygen atoms in total. The summed E-state index contributed by atoms with van der Waals surface area (Å²) in [5.74, 6) is 0.343. The standard InChI is InChI=1S/C23H20N4O/c1-15-7-8-18(23(28)25-13-16-5-3-2-4-6-16)12-19(15)17-9-10-21-20(11-17)22(24)27-14-26-21/h2-12,14H,13H2,1H3,(H,25,28)(H2,24,26,27). The van der Waals surface area contributed by atoms with Crippen LogP contribution in [0.5, 0.6) is 0 Å². The smallest absolute Gasteiger partial charge is 0.251 e. The van der Waals surface area contributed by atoms with Crippen molar-refractivity contribution in [3.05, 3.63) is 89.7 Å². The monoisotopic (exact) mass is 368 g/mol. The van der Waals surface area contributed by atoms with E-state index in [9.17, 15) is 4.79 Å². The molecule has 28 heavy (non-hydrogen) atoms. The highest BCUT2D eigenvalue weighted by Gasteiger charge is 2.11. The summed E-state index contributed by atoms with van der Waals surface area (Å²) in [7, 11) is 0. The maximum absolute atomic E-state index is 12.6. The Hall–Kier alpha value is -3.73. The van der Waals surface area contributed by atoms with Crippen LogP contribution in [0.4, 0.5) is 5.82 Å². The van der Waals surface area contributed by atoms with Crippen LogP contribution in [0.2, 0.25) is 0 Å². The van der Waals surface area contributed by atoms with Crippen molar-refractivity contribution in [2.24, 2.45) is 0 Å². The maximum Gasteiger partial charge on any atom is 0.251 e. The van der Waals surface area contributed by atoms with Gasteiger partial charge in [-0.05, 0) is 53.4 Å². The highest BCUT2D eigenvalue weighted by molar-refractivity contribution is 5.97. The molecule has 0 saturated carbocycles. The molecule has 3 aromatic carbocycles. The lowest BCUT2D eigenvalue weighted by Crippen LogP contribution is -2.22. The second kappa shape index (κ2) is 7.48. The van der Waals surface area contributed by atoms with E-state index in [-0.39, 0.29) is 5.91 Å². The molecule has 0 aliphatic heterocycles.